The Labute approximate surface area is 136 Å². The highest BCUT2D eigenvalue weighted by atomic mass is 16.4. The molecule has 0 spiro atoms. The summed E-state index contributed by atoms with van der Waals surface area (Å²) >= 11 is 0. The fourth-order valence-corrected chi connectivity index (χ4v) is 2.19. The van der Waals surface area contributed by atoms with Gasteiger partial charge in [0.05, 0.1) is 0 Å². The first-order chi connectivity index (χ1) is 11.0. The number of carboxylic acids is 1. The zero-order valence-electron chi connectivity index (χ0n) is 13.1. The van der Waals surface area contributed by atoms with Gasteiger partial charge in [0.25, 0.3) is 0 Å². The maximum atomic E-state index is 10.6. The number of carbonyl (C=O) groups is 1. The van der Waals surface area contributed by atoms with Crippen LogP contribution in [0.5, 0.6) is 5.75 Å². The van der Waals surface area contributed by atoms with Gasteiger partial charge in [-0.25, -0.2) is 0 Å². The topological polar surface area (TPSA) is 57.5 Å². The summed E-state index contributed by atoms with van der Waals surface area (Å²) in [4.78, 5) is 10.6. The summed E-state index contributed by atoms with van der Waals surface area (Å²) in [5.41, 5.74) is 4.69. The second-order valence-corrected chi connectivity index (χ2v) is 5.50. The third-order valence-corrected chi connectivity index (χ3v) is 3.65. The lowest BCUT2D eigenvalue weighted by Gasteiger charge is -2.04. The highest BCUT2D eigenvalue weighted by Gasteiger charge is 2.01. The van der Waals surface area contributed by atoms with Gasteiger partial charge in [0.2, 0.25) is 0 Å². The number of benzene rings is 2. The van der Waals surface area contributed by atoms with E-state index in [1.54, 1.807) is 6.07 Å². The molecule has 0 heterocycles. The molecule has 23 heavy (non-hydrogen) atoms. The minimum absolute atomic E-state index is 0.145. The summed E-state index contributed by atoms with van der Waals surface area (Å²) in [6.45, 7) is 5.90. The molecular weight excluding hydrogens is 288 g/mol. The van der Waals surface area contributed by atoms with E-state index in [1.165, 1.54) is 0 Å². The van der Waals surface area contributed by atoms with Crippen LogP contribution >= 0.6 is 0 Å². The molecule has 118 valence electrons. The Balaban J connectivity index is 2.03. The van der Waals surface area contributed by atoms with E-state index in [1.807, 2.05) is 55.5 Å². The molecule has 2 rings (SSSR count). The fourth-order valence-electron chi connectivity index (χ4n) is 2.19. The van der Waals surface area contributed by atoms with Crippen molar-refractivity contribution < 1.29 is 15.0 Å². The molecule has 0 aromatic heterocycles. The lowest BCUT2D eigenvalue weighted by atomic mass is 10.0. The van der Waals surface area contributed by atoms with Gasteiger partial charge in [0, 0.05) is 6.42 Å². The Bertz CT molecular complexity index is 740. The summed E-state index contributed by atoms with van der Waals surface area (Å²) in [5, 5.41) is 18.2. The Hall–Kier alpha value is -2.81. The molecule has 0 fully saturated rings. The van der Waals surface area contributed by atoms with E-state index in [9.17, 15) is 9.90 Å². The number of hydrogen-bond donors (Lipinski definition) is 2. The molecule has 0 aliphatic carbocycles. The molecule has 2 N–H and O–H groups in total. The number of phenolic OH excluding ortho intramolecular Hbond substituents is 1. The Morgan fingerprint density at radius 3 is 2.48 bits per heavy atom. The second kappa shape index (κ2) is 7.45. The summed E-state index contributed by atoms with van der Waals surface area (Å²) in [7, 11) is 0. The minimum Gasteiger partial charge on any atom is -0.508 e. The minimum atomic E-state index is -0.783. The van der Waals surface area contributed by atoms with E-state index in [-0.39, 0.29) is 12.2 Å². The van der Waals surface area contributed by atoms with E-state index in [4.69, 9.17) is 5.11 Å². The van der Waals surface area contributed by atoms with Gasteiger partial charge in [0.1, 0.15) is 5.75 Å². The Kier molecular flexibility index (Phi) is 5.36. The molecular formula is C20H20O3. The smallest absolute Gasteiger partial charge is 0.303 e. The fraction of sp³-hybridized carbons (Fsp3) is 0.150. The maximum absolute atomic E-state index is 10.6. The van der Waals surface area contributed by atoms with Crippen LogP contribution in [-0.2, 0) is 11.2 Å². The molecule has 0 bridgehead atoms. The molecule has 0 amide bonds. The number of aliphatic carboxylic acids is 1. The number of aromatic hydroxyl groups is 1. The number of phenols is 1. The summed E-state index contributed by atoms with van der Waals surface area (Å²) in [5.74, 6) is -0.503. The van der Waals surface area contributed by atoms with Crippen LogP contribution in [0.25, 0.3) is 11.6 Å². The average Bonchev–Trinajstić information content (AvgIpc) is 2.54. The maximum Gasteiger partial charge on any atom is 0.303 e. The molecule has 2 aromatic rings. The molecule has 3 heteroatoms. The molecule has 0 aliphatic heterocycles. The van der Waals surface area contributed by atoms with Crippen molar-refractivity contribution in [1.29, 1.82) is 0 Å². The summed E-state index contributed by atoms with van der Waals surface area (Å²) in [6.07, 6.45) is 4.58. The van der Waals surface area contributed by atoms with E-state index in [0.717, 1.165) is 27.8 Å². The molecule has 0 radical (unpaired) electrons. The van der Waals surface area contributed by atoms with E-state index >= 15 is 0 Å². The van der Waals surface area contributed by atoms with Crippen LogP contribution in [0.2, 0.25) is 0 Å². The third kappa shape index (κ3) is 4.85. The molecule has 2 aromatic carbocycles. The van der Waals surface area contributed by atoms with Crippen molar-refractivity contribution in [3.8, 4) is 5.75 Å². The normalized spacial score (nSPS) is 10.8. The van der Waals surface area contributed by atoms with Crippen molar-refractivity contribution >= 4 is 17.6 Å². The highest BCUT2D eigenvalue weighted by Crippen LogP contribution is 2.22. The third-order valence-electron chi connectivity index (χ3n) is 3.65. The average molecular weight is 308 g/mol. The van der Waals surface area contributed by atoms with Gasteiger partial charge in [0.15, 0.2) is 0 Å². The molecule has 0 aliphatic rings. The zero-order valence-corrected chi connectivity index (χ0v) is 13.1. The van der Waals surface area contributed by atoms with Crippen molar-refractivity contribution in [3.05, 3.63) is 77.4 Å². The monoisotopic (exact) mass is 308 g/mol. The number of allylic oxidation sites excluding steroid dienone is 2. The van der Waals surface area contributed by atoms with Crippen molar-refractivity contribution in [2.24, 2.45) is 0 Å². The van der Waals surface area contributed by atoms with Gasteiger partial charge in [-0.2, -0.15) is 0 Å². The highest BCUT2D eigenvalue weighted by molar-refractivity contribution is 5.77. The SMILES string of the molecule is C=C(/C=C/c1ccc(CCC(=O)O)cc1)c1ccc(O)c(C)c1. The van der Waals surface area contributed by atoms with Crippen LogP contribution < -0.4 is 0 Å². The number of aryl methyl sites for hydroxylation is 2. The first-order valence-corrected chi connectivity index (χ1v) is 7.43. The van der Waals surface area contributed by atoms with E-state index in [0.29, 0.717) is 6.42 Å². The quantitative estimate of drug-likeness (QED) is 0.775. The number of rotatable bonds is 6. The second-order valence-electron chi connectivity index (χ2n) is 5.50. The standard InChI is InChI=1S/C20H20O3/c1-14(18-10-11-19(21)15(2)13-18)3-4-16-5-7-17(8-6-16)9-12-20(22)23/h3-8,10-11,13,21H,1,9,12H2,2H3,(H,22,23)/b4-3+. The van der Waals surface area contributed by atoms with Gasteiger partial charge in [-0.1, -0.05) is 49.1 Å². The molecule has 0 atom stereocenters. The molecule has 0 saturated carbocycles. The van der Waals surface area contributed by atoms with Gasteiger partial charge >= 0.3 is 5.97 Å². The summed E-state index contributed by atoms with van der Waals surface area (Å²) in [6, 6.07) is 13.2. The first-order valence-electron chi connectivity index (χ1n) is 7.43. The van der Waals surface area contributed by atoms with Crippen molar-refractivity contribution in [2.45, 2.75) is 19.8 Å². The largest absolute Gasteiger partial charge is 0.508 e. The van der Waals surface area contributed by atoms with Crippen molar-refractivity contribution in [1.82, 2.24) is 0 Å². The van der Waals surface area contributed by atoms with Crippen molar-refractivity contribution in [2.75, 3.05) is 0 Å². The zero-order chi connectivity index (χ0) is 16.8. The van der Waals surface area contributed by atoms with Gasteiger partial charge in [-0.15, -0.1) is 0 Å². The number of hydrogen-bond acceptors (Lipinski definition) is 2. The van der Waals surface area contributed by atoms with Crippen LogP contribution in [0.1, 0.15) is 28.7 Å². The van der Waals surface area contributed by atoms with Crippen LogP contribution in [0, 0.1) is 6.92 Å². The van der Waals surface area contributed by atoms with Crippen LogP contribution in [-0.4, -0.2) is 16.2 Å². The van der Waals surface area contributed by atoms with Gasteiger partial charge in [-0.3, -0.25) is 4.79 Å². The van der Waals surface area contributed by atoms with E-state index < -0.39 is 5.97 Å². The predicted molar refractivity (Wildman–Crippen MR) is 93.3 cm³/mol. The predicted octanol–water partition coefficient (Wildman–Crippen LogP) is 4.44. The van der Waals surface area contributed by atoms with Crippen LogP contribution in [0.4, 0.5) is 0 Å². The Morgan fingerprint density at radius 2 is 1.87 bits per heavy atom. The van der Waals surface area contributed by atoms with Gasteiger partial charge < -0.3 is 10.2 Å². The lowest BCUT2D eigenvalue weighted by Crippen LogP contribution is -1.97. The van der Waals surface area contributed by atoms with Crippen LogP contribution in [0.3, 0.4) is 0 Å². The Morgan fingerprint density at radius 1 is 1.17 bits per heavy atom. The van der Waals surface area contributed by atoms with E-state index in [2.05, 4.69) is 6.58 Å². The van der Waals surface area contributed by atoms with Crippen LogP contribution in [0.15, 0.2) is 55.1 Å². The number of carboxylic acid groups (broad SMARTS) is 1. The first kappa shape index (κ1) is 16.6. The van der Waals surface area contributed by atoms with Crippen molar-refractivity contribution in [3.63, 3.8) is 0 Å². The molecule has 3 nitrogen and oxygen atoms in total. The molecule has 0 saturated heterocycles. The lowest BCUT2D eigenvalue weighted by molar-refractivity contribution is -0.136. The van der Waals surface area contributed by atoms with Gasteiger partial charge in [-0.05, 0) is 53.3 Å². The summed E-state index contributed by atoms with van der Waals surface area (Å²) < 4.78 is 0. The molecule has 0 unspecified atom stereocenters.